The van der Waals surface area contributed by atoms with E-state index in [1.807, 2.05) is 32.2 Å². The summed E-state index contributed by atoms with van der Waals surface area (Å²) in [5.41, 5.74) is 2.68. The minimum absolute atomic E-state index is 0.160. The Kier molecular flexibility index (Phi) is 3.49. The minimum Gasteiger partial charge on any atom is -0.313 e. The molecular formula is C14H15FN2. The normalized spacial score (nSPS) is 12.4. The van der Waals surface area contributed by atoms with Gasteiger partial charge in [0, 0.05) is 17.8 Å². The topological polar surface area (TPSA) is 24.9 Å². The first-order valence-corrected chi connectivity index (χ1v) is 5.60. The Morgan fingerprint density at radius 1 is 1.24 bits per heavy atom. The highest BCUT2D eigenvalue weighted by atomic mass is 19.1. The van der Waals surface area contributed by atoms with E-state index >= 15 is 0 Å². The molecule has 1 aromatic carbocycles. The Bertz CT molecular complexity index is 497. The molecule has 0 fully saturated rings. The quantitative estimate of drug-likeness (QED) is 0.876. The Hall–Kier alpha value is -1.74. The second kappa shape index (κ2) is 5.06. The van der Waals surface area contributed by atoms with Gasteiger partial charge in [0.15, 0.2) is 0 Å². The Labute approximate surface area is 101 Å². The molecule has 1 N–H and O–H groups in total. The molecule has 1 unspecified atom stereocenters. The van der Waals surface area contributed by atoms with Crippen LogP contribution in [0.2, 0.25) is 0 Å². The van der Waals surface area contributed by atoms with Crippen molar-refractivity contribution in [2.75, 3.05) is 7.05 Å². The lowest BCUT2D eigenvalue weighted by atomic mass is 9.98. The highest BCUT2D eigenvalue weighted by Gasteiger charge is 2.12. The fourth-order valence-corrected chi connectivity index (χ4v) is 1.81. The van der Waals surface area contributed by atoms with Crippen LogP contribution in [0.5, 0.6) is 0 Å². The lowest BCUT2D eigenvalue weighted by Gasteiger charge is -2.15. The smallest absolute Gasteiger partial charge is 0.123 e. The summed E-state index contributed by atoms with van der Waals surface area (Å²) in [6.07, 6.45) is 1.72. The van der Waals surface area contributed by atoms with Crippen molar-refractivity contribution >= 4 is 0 Å². The van der Waals surface area contributed by atoms with Crippen LogP contribution in [-0.2, 0) is 0 Å². The van der Waals surface area contributed by atoms with Gasteiger partial charge in [-0.2, -0.15) is 0 Å². The summed E-state index contributed by atoms with van der Waals surface area (Å²) >= 11 is 0. The molecule has 0 radical (unpaired) electrons. The number of nitrogens with one attached hydrogen (secondary N) is 1. The molecule has 1 aromatic heterocycles. The molecule has 2 nitrogen and oxygen atoms in total. The summed E-state index contributed by atoms with van der Waals surface area (Å²) in [5, 5.41) is 3.16. The van der Waals surface area contributed by atoms with Crippen molar-refractivity contribution in [3.63, 3.8) is 0 Å². The van der Waals surface area contributed by atoms with Gasteiger partial charge < -0.3 is 5.32 Å². The fraction of sp³-hybridized carbons (Fsp3) is 0.214. The van der Waals surface area contributed by atoms with Crippen molar-refractivity contribution in [1.82, 2.24) is 10.3 Å². The van der Waals surface area contributed by atoms with Crippen LogP contribution < -0.4 is 5.32 Å². The Morgan fingerprint density at radius 2 is 2.06 bits per heavy atom. The average molecular weight is 230 g/mol. The van der Waals surface area contributed by atoms with E-state index in [9.17, 15) is 4.39 Å². The molecule has 0 amide bonds. The van der Waals surface area contributed by atoms with Crippen LogP contribution >= 0.6 is 0 Å². The van der Waals surface area contributed by atoms with Gasteiger partial charge in [0.1, 0.15) is 5.82 Å². The molecule has 88 valence electrons. The lowest BCUT2D eigenvalue weighted by molar-refractivity contribution is 0.620. The Morgan fingerprint density at radius 3 is 2.71 bits per heavy atom. The molecule has 0 aliphatic heterocycles. The predicted molar refractivity (Wildman–Crippen MR) is 67.1 cm³/mol. The number of hydrogen-bond acceptors (Lipinski definition) is 2. The summed E-state index contributed by atoms with van der Waals surface area (Å²) in [4.78, 5) is 4.27. The van der Waals surface area contributed by atoms with Crippen molar-refractivity contribution in [3.05, 3.63) is 54.0 Å². The van der Waals surface area contributed by atoms with Gasteiger partial charge in [0.25, 0.3) is 0 Å². The molecule has 0 bridgehead atoms. The maximum absolute atomic E-state index is 13.4. The number of aromatic nitrogens is 1. The Balaban J connectivity index is 2.55. The first-order chi connectivity index (χ1) is 8.22. The molecule has 17 heavy (non-hydrogen) atoms. The number of pyridine rings is 1. The van der Waals surface area contributed by atoms with Gasteiger partial charge >= 0.3 is 0 Å². The van der Waals surface area contributed by atoms with Crippen molar-refractivity contribution in [2.45, 2.75) is 13.0 Å². The summed E-state index contributed by atoms with van der Waals surface area (Å²) in [6, 6.07) is 10.6. The lowest BCUT2D eigenvalue weighted by Crippen LogP contribution is -2.13. The first-order valence-electron chi connectivity index (χ1n) is 5.60. The first kappa shape index (κ1) is 11.7. The highest BCUT2D eigenvalue weighted by molar-refractivity contribution is 5.64. The van der Waals surface area contributed by atoms with Crippen LogP contribution in [0, 0.1) is 5.82 Å². The van der Waals surface area contributed by atoms with Crippen LogP contribution in [0.4, 0.5) is 4.39 Å². The molecule has 0 spiro atoms. The van der Waals surface area contributed by atoms with Crippen LogP contribution in [0.3, 0.4) is 0 Å². The van der Waals surface area contributed by atoms with E-state index in [1.54, 1.807) is 12.3 Å². The van der Waals surface area contributed by atoms with E-state index in [2.05, 4.69) is 10.3 Å². The third-order valence-electron chi connectivity index (χ3n) is 2.86. The van der Waals surface area contributed by atoms with Crippen LogP contribution in [0.25, 0.3) is 11.3 Å². The number of halogens is 1. The van der Waals surface area contributed by atoms with Crippen LogP contribution in [0.15, 0.2) is 42.6 Å². The molecule has 1 atom stereocenters. The summed E-state index contributed by atoms with van der Waals surface area (Å²) in [5.74, 6) is -0.238. The van der Waals surface area contributed by atoms with Crippen LogP contribution in [-0.4, -0.2) is 12.0 Å². The van der Waals surface area contributed by atoms with Gasteiger partial charge in [0.05, 0.1) is 5.69 Å². The minimum atomic E-state index is -0.238. The van der Waals surface area contributed by atoms with Crippen molar-refractivity contribution < 1.29 is 4.39 Å². The largest absolute Gasteiger partial charge is 0.313 e. The van der Waals surface area contributed by atoms with Crippen LogP contribution in [0.1, 0.15) is 18.5 Å². The van der Waals surface area contributed by atoms with Gasteiger partial charge in [-0.3, -0.25) is 4.98 Å². The molecule has 0 aliphatic rings. The highest BCUT2D eigenvalue weighted by Crippen LogP contribution is 2.27. The number of nitrogens with zero attached hydrogens (tertiary/aromatic N) is 1. The number of benzene rings is 1. The molecule has 0 saturated carbocycles. The monoisotopic (exact) mass is 230 g/mol. The van der Waals surface area contributed by atoms with E-state index in [-0.39, 0.29) is 11.9 Å². The zero-order valence-electron chi connectivity index (χ0n) is 9.94. The van der Waals surface area contributed by atoms with Crippen molar-refractivity contribution in [2.24, 2.45) is 0 Å². The number of rotatable bonds is 3. The SMILES string of the molecule is CNC(C)c1ccc(F)cc1-c1ccccn1. The third kappa shape index (κ3) is 2.50. The summed E-state index contributed by atoms with van der Waals surface area (Å²) in [6.45, 7) is 2.04. The summed E-state index contributed by atoms with van der Waals surface area (Å²) in [7, 11) is 1.89. The zero-order valence-corrected chi connectivity index (χ0v) is 9.94. The van der Waals surface area contributed by atoms with Gasteiger partial charge in [0.2, 0.25) is 0 Å². The fourth-order valence-electron chi connectivity index (χ4n) is 1.81. The van der Waals surface area contributed by atoms with E-state index in [1.165, 1.54) is 12.1 Å². The zero-order chi connectivity index (χ0) is 12.3. The molecule has 1 heterocycles. The van der Waals surface area contributed by atoms with E-state index < -0.39 is 0 Å². The molecule has 2 rings (SSSR count). The van der Waals surface area contributed by atoms with E-state index in [0.717, 1.165) is 16.8 Å². The number of hydrogen-bond donors (Lipinski definition) is 1. The molecule has 3 heteroatoms. The summed E-state index contributed by atoms with van der Waals surface area (Å²) < 4.78 is 13.4. The third-order valence-corrected chi connectivity index (χ3v) is 2.86. The molecule has 0 saturated heterocycles. The van der Waals surface area contributed by atoms with Crippen molar-refractivity contribution in [3.8, 4) is 11.3 Å². The standard InChI is InChI=1S/C14H15FN2/c1-10(16-2)12-7-6-11(15)9-13(12)14-5-3-4-8-17-14/h3-10,16H,1-2H3. The van der Waals surface area contributed by atoms with Gasteiger partial charge in [-0.1, -0.05) is 12.1 Å². The maximum Gasteiger partial charge on any atom is 0.123 e. The second-order valence-corrected chi connectivity index (χ2v) is 3.96. The maximum atomic E-state index is 13.4. The van der Waals surface area contributed by atoms with Gasteiger partial charge in [-0.25, -0.2) is 4.39 Å². The molecule has 2 aromatic rings. The predicted octanol–water partition coefficient (Wildman–Crippen LogP) is 3.17. The molecule has 0 aliphatic carbocycles. The molecular weight excluding hydrogens is 215 g/mol. The van der Waals surface area contributed by atoms with Gasteiger partial charge in [-0.15, -0.1) is 0 Å². The van der Waals surface area contributed by atoms with Gasteiger partial charge in [-0.05, 0) is 43.8 Å². The van der Waals surface area contributed by atoms with E-state index in [0.29, 0.717) is 0 Å². The second-order valence-electron chi connectivity index (χ2n) is 3.96. The van der Waals surface area contributed by atoms with Crippen molar-refractivity contribution in [1.29, 1.82) is 0 Å². The average Bonchev–Trinajstić information content (AvgIpc) is 2.39. The van der Waals surface area contributed by atoms with E-state index in [4.69, 9.17) is 0 Å².